The van der Waals surface area contributed by atoms with Gasteiger partial charge in [-0.05, 0) is 29.3 Å². The zero-order valence-electron chi connectivity index (χ0n) is 12.8. The summed E-state index contributed by atoms with van der Waals surface area (Å²) >= 11 is 0. The van der Waals surface area contributed by atoms with E-state index >= 15 is 0 Å². The summed E-state index contributed by atoms with van der Waals surface area (Å²) in [6, 6.07) is 11.7. The van der Waals surface area contributed by atoms with Crippen molar-refractivity contribution in [2.24, 2.45) is 0 Å². The maximum atomic E-state index is 13.1. The number of fused-ring (bicyclic) bond motifs is 3. The highest BCUT2D eigenvalue weighted by molar-refractivity contribution is 6.05. The van der Waals surface area contributed by atoms with E-state index in [1.54, 1.807) is 13.4 Å². The number of methoxy groups -OCH3 is 1. The summed E-state index contributed by atoms with van der Waals surface area (Å²) in [6.45, 7) is 0. The van der Waals surface area contributed by atoms with E-state index in [4.69, 9.17) is 9.15 Å². The molecule has 0 bridgehead atoms. The van der Waals surface area contributed by atoms with Gasteiger partial charge in [-0.15, -0.1) is 0 Å². The van der Waals surface area contributed by atoms with Crippen LogP contribution in [0, 0.1) is 0 Å². The summed E-state index contributed by atoms with van der Waals surface area (Å²) in [6.07, 6.45) is 8.21. The number of allylic oxidation sites excluding steroid dienone is 4. The van der Waals surface area contributed by atoms with E-state index in [2.05, 4.69) is 0 Å². The van der Waals surface area contributed by atoms with Gasteiger partial charge in [0.25, 0.3) is 0 Å². The van der Waals surface area contributed by atoms with Crippen LogP contribution in [0.15, 0.2) is 75.9 Å². The molecule has 1 aliphatic carbocycles. The lowest BCUT2D eigenvalue weighted by Crippen LogP contribution is -2.17. The van der Waals surface area contributed by atoms with E-state index < -0.39 is 0 Å². The standard InChI is InChI=1S/C20H16O3/c1-22-17-9-5-4-8-15(17)16-12-23-18-11-10-13-6-2-3-7-14(13)19(18)20(16)21/h2-7,9-12,15H,8H2,1H3. The molecule has 0 radical (unpaired) electrons. The Morgan fingerprint density at radius 2 is 2.04 bits per heavy atom. The summed E-state index contributed by atoms with van der Waals surface area (Å²) in [5.41, 5.74) is 1.28. The Morgan fingerprint density at radius 1 is 1.17 bits per heavy atom. The molecule has 1 heterocycles. The minimum Gasteiger partial charge on any atom is -0.500 e. The quantitative estimate of drug-likeness (QED) is 0.653. The molecule has 0 saturated carbocycles. The molecule has 2 aromatic carbocycles. The highest BCUT2D eigenvalue weighted by atomic mass is 16.5. The van der Waals surface area contributed by atoms with Crippen LogP contribution in [0.4, 0.5) is 0 Å². The summed E-state index contributed by atoms with van der Waals surface area (Å²) in [5, 5.41) is 2.61. The van der Waals surface area contributed by atoms with Gasteiger partial charge < -0.3 is 9.15 Å². The van der Waals surface area contributed by atoms with Crippen LogP contribution in [0.2, 0.25) is 0 Å². The lowest BCUT2D eigenvalue weighted by Gasteiger charge is -2.20. The second-order valence-electron chi connectivity index (χ2n) is 5.67. The van der Waals surface area contributed by atoms with E-state index in [-0.39, 0.29) is 11.3 Å². The lowest BCUT2D eigenvalue weighted by molar-refractivity contribution is 0.261. The van der Waals surface area contributed by atoms with Crippen molar-refractivity contribution >= 4 is 21.7 Å². The van der Waals surface area contributed by atoms with Crippen molar-refractivity contribution < 1.29 is 9.15 Å². The number of rotatable bonds is 2. The molecule has 0 saturated heterocycles. The van der Waals surface area contributed by atoms with Crippen molar-refractivity contribution in [3.63, 3.8) is 0 Å². The number of ether oxygens (including phenoxy) is 1. The number of benzene rings is 2. The molecule has 1 atom stereocenters. The minimum absolute atomic E-state index is 0.0197. The fourth-order valence-electron chi connectivity index (χ4n) is 3.25. The third kappa shape index (κ3) is 2.16. The highest BCUT2D eigenvalue weighted by Gasteiger charge is 2.23. The molecule has 4 rings (SSSR count). The van der Waals surface area contributed by atoms with Crippen molar-refractivity contribution in [2.45, 2.75) is 12.3 Å². The SMILES string of the molecule is COC1=CC=CCC1c1coc2ccc3ccccc3c2c1=O. The molecular weight excluding hydrogens is 288 g/mol. The molecule has 3 nitrogen and oxygen atoms in total. The maximum absolute atomic E-state index is 13.1. The Morgan fingerprint density at radius 3 is 2.91 bits per heavy atom. The van der Waals surface area contributed by atoms with Crippen molar-refractivity contribution in [1.82, 2.24) is 0 Å². The topological polar surface area (TPSA) is 39.4 Å². The molecule has 114 valence electrons. The lowest BCUT2D eigenvalue weighted by atomic mass is 9.90. The van der Waals surface area contributed by atoms with Gasteiger partial charge in [0.15, 0.2) is 5.43 Å². The Balaban J connectivity index is 2.01. The van der Waals surface area contributed by atoms with Crippen molar-refractivity contribution in [3.8, 4) is 0 Å². The predicted octanol–water partition coefficient (Wildman–Crippen LogP) is 4.52. The summed E-state index contributed by atoms with van der Waals surface area (Å²) in [5.74, 6) is 0.698. The van der Waals surface area contributed by atoms with Crippen LogP contribution in [0.3, 0.4) is 0 Å². The minimum atomic E-state index is -0.0929. The molecule has 1 aromatic heterocycles. The van der Waals surface area contributed by atoms with Gasteiger partial charge in [0.05, 0.1) is 24.7 Å². The highest BCUT2D eigenvalue weighted by Crippen LogP contribution is 2.32. The van der Waals surface area contributed by atoms with Gasteiger partial charge in [-0.3, -0.25) is 4.79 Å². The number of hydrogen-bond acceptors (Lipinski definition) is 3. The van der Waals surface area contributed by atoms with Gasteiger partial charge in [-0.1, -0.05) is 42.5 Å². The van der Waals surface area contributed by atoms with Crippen molar-refractivity contribution in [2.75, 3.05) is 7.11 Å². The monoisotopic (exact) mass is 304 g/mol. The molecule has 1 aliphatic rings. The zero-order valence-corrected chi connectivity index (χ0v) is 12.8. The van der Waals surface area contributed by atoms with E-state index in [9.17, 15) is 4.79 Å². The molecule has 0 aliphatic heterocycles. The van der Waals surface area contributed by atoms with E-state index in [1.807, 2.05) is 54.6 Å². The summed E-state index contributed by atoms with van der Waals surface area (Å²) in [7, 11) is 1.63. The second kappa shape index (κ2) is 5.43. The molecule has 1 unspecified atom stereocenters. The maximum Gasteiger partial charge on any atom is 0.197 e. The van der Waals surface area contributed by atoms with Crippen LogP contribution < -0.4 is 5.43 Å². The predicted molar refractivity (Wildman–Crippen MR) is 91.6 cm³/mol. The van der Waals surface area contributed by atoms with Gasteiger partial charge in [-0.2, -0.15) is 0 Å². The Labute approximate surface area is 133 Å². The Bertz CT molecular complexity index is 1010. The van der Waals surface area contributed by atoms with E-state index in [0.717, 1.165) is 23.0 Å². The van der Waals surface area contributed by atoms with Crippen LogP contribution in [0.1, 0.15) is 17.9 Å². The van der Waals surface area contributed by atoms with Crippen LogP contribution in [-0.2, 0) is 4.74 Å². The Kier molecular flexibility index (Phi) is 3.27. The van der Waals surface area contributed by atoms with Gasteiger partial charge in [-0.25, -0.2) is 0 Å². The van der Waals surface area contributed by atoms with E-state index in [0.29, 0.717) is 16.5 Å². The summed E-state index contributed by atoms with van der Waals surface area (Å²) < 4.78 is 11.2. The van der Waals surface area contributed by atoms with Crippen LogP contribution in [0.25, 0.3) is 21.7 Å². The first-order valence-corrected chi connectivity index (χ1v) is 7.63. The fourth-order valence-corrected chi connectivity index (χ4v) is 3.25. The number of hydrogen-bond donors (Lipinski definition) is 0. The molecule has 0 fully saturated rings. The Hall–Kier alpha value is -2.81. The second-order valence-corrected chi connectivity index (χ2v) is 5.67. The molecule has 0 N–H and O–H groups in total. The zero-order chi connectivity index (χ0) is 15.8. The van der Waals surface area contributed by atoms with E-state index in [1.165, 1.54) is 0 Å². The first-order valence-electron chi connectivity index (χ1n) is 7.63. The van der Waals surface area contributed by atoms with Crippen molar-refractivity contribution in [3.05, 3.63) is 82.4 Å². The van der Waals surface area contributed by atoms with Gasteiger partial charge in [0, 0.05) is 5.56 Å². The molecule has 3 aromatic rings. The smallest absolute Gasteiger partial charge is 0.197 e. The summed E-state index contributed by atoms with van der Waals surface area (Å²) in [4.78, 5) is 13.1. The average molecular weight is 304 g/mol. The average Bonchev–Trinajstić information content (AvgIpc) is 2.61. The first kappa shape index (κ1) is 13.8. The molecular formula is C20H16O3. The molecule has 23 heavy (non-hydrogen) atoms. The fraction of sp³-hybridized carbons (Fsp3) is 0.150. The van der Waals surface area contributed by atoms with Gasteiger partial charge >= 0.3 is 0 Å². The normalized spacial score (nSPS) is 17.4. The van der Waals surface area contributed by atoms with Crippen LogP contribution in [0.5, 0.6) is 0 Å². The largest absolute Gasteiger partial charge is 0.500 e. The first-order chi connectivity index (χ1) is 11.3. The van der Waals surface area contributed by atoms with Crippen molar-refractivity contribution in [1.29, 1.82) is 0 Å². The van der Waals surface area contributed by atoms with Gasteiger partial charge in [0.2, 0.25) is 0 Å². The van der Waals surface area contributed by atoms with Crippen LogP contribution >= 0.6 is 0 Å². The third-order valence-corrected chi connectivity index (χ3v) is 4.42. The molecule has 0 amide bonds. The molecule has 0 spiro atoms. The molecule has 3 heteroatoms. The third-order valence-electron chi connectivity index (χ3n) is 4.42. The van der Waals surface area contributed by atoms with Gasteiger partial charge in [0.1, 0.15) is 11.3 Å². The van der Waals surface area contributed by atoms with Crippen LogP contribution in [-0.4, -0.2) is 7.11 Å².